The average molecular weight is 449 g/mol. The lowest BCUT2D eigenvalue weighted by atomic mass is 10.0. The fourth-order valence-corrected chi connectivity index (χ4v) is 4.58. The highest BCUT2D eigenvalue weighted by molar-refractivity contribution is 7.89. The second-order valence-corrected chi connectivity index (χ2v) is 9.37. The Bertz CT molecular complexity index is 1400. The number of nitrogens with zero attached hydrogens (tertiary/aromatic N) is 3. The molecule has 0 aliphatic carbocycles. The van der Waals surface area contributed by atoms with Crippen molar-refractivity contribution in [3.63, 3.8) is 0 Å². The van der Waals surface area contributed by atoms with Gasteiger partial charge in [-0.3, -0.25) is 4.68 Å². The molecule has 6 nitrogen and oxygen atoms in total. The fraction of sp³-hybridized carbons (Fsp3) is 0.125. The summed E-state index contributed by atoms with van der Waals surface area (Å²) in [5.41, 5.74) is 4.39. The molecule has 0 fully saturated rings. The predicted molar refractivity (Wildman–Crippen MR) is 122 cm³/mol. The smallest absolute Gasteiger partial charge is 0.238 e. The summed E-state index contributed by atoms with van der Waals surface area (Å²) in [4.78, 5) is 0.0417. The molecule has 1 unspecified atom stereocenters. The molecule has 0 bridgehead atoms. The van der Waals surface area contributed by atoms with Crippen LogP contribution in [0.25, 0.3) is 28.6 Å². The zero-order chi connectivity index (χ0) is 22.3. The summed E-state index contributed by atoms with van der Waals surface area (Å²) in [6, 6.07) is 16.7. The maximum Gasteiger partial charge on any atom is 0.238 e. The molecule has 2 aromatic carbocycles. The Morgan fingerprint density at radius 3 is 2.44 bits per heavy atom. The fourth-order valence-electron chi connectivity index (χ4n) is 4.06. The summed E-state index contributed by atoms with van der Waals surface area (Å²) in [6.45, 7) is 0.698. The molecule has 0 amide bonds. The van der Waals surface area contributed by atoms with Gasteiger partial charge in [0.25, 0.3) is 0 Å². The summed E-state index contributed by atoms with van der Waals surface area (Å²) in [5.74, 6) is 0.0113. The van der Waals surface area contributed by atoms with Crippen molar-refractivity contribution >= 4 is 16.2 Å². The molecule has 162 valence electrons. The Morgan fingerprint density at radius 2 is 1.72 bits per heavy atom. The third-order valence-electron chi connectivity index (χ3n) is 5.71. The van der Waals surface area contributed by atoms with Gasteiger partial charge < -0.3 is 4.57 Å². The summed E-state index contributed by atoms with van der Waals surface area (Å²) < 4.78 is 40.7. The third-order valence-corrected chi connectivity index (χ3v) is 6.64. The monoisotopic (exact) mass is 448 g/mol. The molecule has 0 spiro atoms. The van der Waals surface area contributed by atoms with Crippen LogP contribution in [0.15, 0.2) is 84.0 Å². The zero-order valence-corrected chi connectivity index (χ0v) is 17.9. The number of primary sulfonamides is 1. The average Bonchev–Trinajstić information content (AvgIpc) is 3.49. The highest BCUT2D eigenvalue weighted by Gasteiger charge is 2.19. The van der Waals surface area contributed by atoms with Crippen molar-refractivity contribution in [3.05, 3.63) is 90.6 Å². The number of benzene rings is 2. The van der Waals surface area contributed by atoms with Crippen LogP contribution in [0.2, 0.25) is 0 Å². The van der Waals surface area contributed by atoms with Crippen LogP contribution in [0.5, 0.6) is 0 Å². The van der Waals surface area contributed by atoms with Gasteiger partial charge in [-0.25, -0.2) is 17.9 Å². The van der Waals surface area contributed by atoms with Crippen LogP contribution in [0.4, 0.5) is 4.39 Å². The van der Waals surface area contributed by atoms with Crippen molar-refractivity contribution < 1.29 is 12.8 Å². The molecule has 4 aromatic rings. The highest BCUT2D eigenvalue weighted by atomic mass is 32.2. The number of aryl methyl sites for hydroxylation is 1. The normalized spacial score (nSPS) is 15.2. The minimum atomic E-state index is -3.78. The standard InChI is InChI=1S/C24H21FN4O2S/c25-20-7-3-17(4-8-20)22-16-29(15-12-18-11-14-28-13-1-2-23(18)28)27-24(22)19-5-9-21(10-6-19)32(26,30)31/h1-11,13-14,16,18H,12,15H2,(H2,26,30,31). The molecule has 0 saturated heterocycles. The van der Waals surface area contributed by atoms with Gasteiger partial charge in [0.1, 0.15) is 11.5 Å². The molecule has 0 radical (unpaired) electrons. The first-order valence-electron chi connectivity index (χ1n) is 10.2. The molecule has 1 aliphatic heterocycles. The number of halogens is 1. The number of hydrogen-bond donors (Lipinski definition) is 1. The second kappa shape index (κ2) is 7.89. The summed E-state index contributed by atoms with van der Waals surface area (Å²) in [5, 5.41) is 10.0. The molecule has 1 atom stereocenters. The number of rotatable bonds is 6. The van der Waals surface area contributed by atoms with E-state index in [9.17, 15) is 12.8 Å². The summed E-state index contributed by atoms with van der Waals surface area (Å²) in [6.07, 6.45) is 9.14. The van der Waals surface area contributed by atoms with Crippen molar-refractivity contribution in [3.8, 4) is 22.4 Å². The van der Waals surface area contributed by atoms with Crippen LogP contribution in [-0.4, -0.2) is 22.8 Å². The summed E-state index contributed by atoms with van der Waals surface area (Å²) >= 11 is 0. The minimum Gasteiger partial charge on any atom is -0.327 e. The van der Waals surface area contributed by atoms with E-state index >= 15 is 0 Å². The Hall–Kier alpha value is -3.49. The van der Waals surface area contributed by atoms with Crippen molar-refractivity contribution in [2.24, 2.45) is 5.14 Å². The van der Waals surface area contributed by atoms with Crippen molar-refractivity contribution in [1.82, 2.24) is 14.3 Å². The molecule has 1 aliphatic rings. The summed E-state index contributed by atoms with van der Waals surface area (Å²) in [7, 11) is -3.78. The van der Waals surface area contributed by atoms with Crippen molar-refractivity contribution in [2.75, 3.05) is 0 Å². The Labute approximate surface area is 185 Å². The Balaban J connectivity index is 1.48. The number of sulfonamides is 1. The first-order chi connectivity index (χ1) is 15.4. The second-order valence-electron chi connectivity index (χ2n) is 7.81. The van der Waals surface area contributed by atoms with E-state index in [0.717, 1.165) is 23.1 Å². The molecule has 0 saturated carbocycles. The van der Waals surface area contributed by atoms with E-state index in [4.69, 9.17) is 10.2 Å². The lowest BCUT2D eigenvalue weighted by Gasteiger charge is -2.08. The molecule has 2 N–H and O–H groups in total. The van der Waals surface area contributed by atoms with Crippen LogP contribution < -0.4 is 5.14 Å². The maximum absolute atomic E-state index is 13.5. The third kappa shape index (κ3) is 3.90. The first-order valence-corrected chi connectivity index (χ1v) is 11.7. The molecule has 8 heteroatoms. The number of allylic oxidation sites excluding steroid dienone is 1. The van der Waals surface area contributed by atoms with E-state index in [2.05, 4.69) is 22.9 Å². The molecule has 3 heterocycles. The van der Waals surface area contributed by atoms with E-state index in [1.54, 1.807) is 24.3 Å². The molecule has 32 heavy (non-hydrogen) atoms. The van der Waals surface area contributed by atoms with Crippen LogP contribution in [0.1, 0.15) is 18.0 Å². The minimum absolute atomic E-state index is 0.0417. The highest BCUT2D eigenvalue weighted by Crippen LogP contribution is 2.33. The van der Waals surface area contributed by atoms with Gasteiger partial charge in [0.2, 0.25) is 10.0 Å². The van der Waals surface area contributed by atoms with Gasteiger partial charge in [-0.05, 0) is 48.4 Å². The molecular weight excluding hydrogens is 427 g/mol. The lowest BCUT2D eigenvalue weighted by molar-refractivity contribution is 0.553. The first kappa shape index (κ1) is 20.4. The van der Waals surface area contributed by atoms with Gasteiger partial charge in [-0.15, -0.1) is 0 Å². The van der Waals surface area contributed by atoms with Gasteiger partial charge in [0, 0.05) is 47.9 Å². The van der Waals surface area contributed by atoms with Crippen LogP contribution in [-0.2, 0) is 16.6 Å². The molecule has 2 aromatic heterocycles. The van der Waals surface area contributed by atoms with Gasteiger partial charge in [0.15, 0.2) is 0 Å². The van der Waals surface area contributed by atoms with E-state index in [0.29, 0.717) is 18.2 Å². The maximum atomic E-state index is 13.5. The van der Waals surface area contributed by atoms with Gasteiger partial charge >= 0.3 is 0 Å². The number of aromatic nitrogens is 3. The number of nitrogens with two attached hydrogens (primary N) is 1. The van der Waals surface area contributed by atoms with Crippen LogP contribution >= 0.6 is 0 Å². The van der Waals surface area contributed by atoms with Crippen molar-refractivity contribution in [2.45, 2.75) is 23.8 Å². The number of hydrogen-bond acceptors (Lipinski definition) is 3. The van der Waals surface area contributed by atoms with Crippen molar-refractivity contribution in [1.29, 1.82) is 0 Å². The molecule has 5 rings (SSSR count). The van der Waals surface area contributed by atoms with Gasteiger partial charge in [-0.2, -0.15) is 5.10 Å². The largest absolute Gasteiger partial charge is 0.327 e. The molecular formula is C24H21FN4O2S. The van der Waals surface area contributed by atoms with E-state index in [-0.39, 0.29) is 10.7 Å². The Morgan fingerprint density at radius 1 is 1.00 bits per heavy atom. The SMILES string of the molecule is NS(=O)(=O)c1ccc(-c2nn(CCC3C=Cn4cccc43)cc2-c2ccc(F)cc2)cc1. The zero-order valence-electron chi connectivity index (χ0n) is 17.1. The number of fused-ring (bicyclic) bond motifs is 1. The van der Waals surface area contributed by atoms with Gasteiger partial charge in [0.05, 0.1) is 4.90 Å². The predicted octanol–water partition coefficient (Wildman–Crippen LogP) is 4.46. The van der Waals surface area contributed by atoms with E-state index < -0.39 is 10.0 Å². The topological polar surface area (TPSA) is 82.9 Å². The van der Waals surface area contributed by atoms with E-state index in [1.807, 2.05) is 23.1 Å². The quantitative estimate of drug-likeness (QED) is 0.473. The van der Waals surface area contributed by atoms with Crippen LogP contribution in [0.3, 0.4) is 0 Å². The van der Waals surface area contributed by atoms with Gasteiger partial charge in [-0.1, -0.05) is 30.3 Å². The lowest BCUT2D eigenvalue weighted by Crippen LogP contribution is -2.11. The Kier molecular flexibility index (Phi) is 5.03. The van der Waals surface area contributed by atoms with E-state index in [1.165, 1.54) is 30.0 Å². The van der Waals surface area contributed by atoms with Crippen LogP contribution in [0, 0.1) is 5.82 Å².